The fourth-order valence-electron chi connectivity index (χ4n) is 2.17. The fraction of sp³-hybridized carbons (Fsp3) is 0.538. The number of hydrogen-bond acceptors (Lipinski definition) is 3. The van der Waals surface area contributed by atoms with Gasteiger partial charge in [-0.15, -0.1) is 0 Å². The van der Waals surface area contributed by atoms with Gasteiger partial charge in [-0.2, -0.15) is 0 Å². The van der Waals surface area contributed by atoms with Gasteiger partial charge in [-0.25, -0.2) is 0 Å². The second-order valence-corrected chi connectivity index (χ2v) is 5.27. The van der Waals surface area contributed by atoms with Crippen LogP contribution >= 0.6 is 11.6 Å². The summed E-state index contributed by atoms with van der Waals surface area (Å²) in [5.41, 5.74) is 9.00. The van der Waals surface area contributed by atoms with Gasteiger partial charge >= 0.3 is 0 Å². The van der Waals surface area contributed by atoms with E-state index in [2.05, 4.69) is 23.8 Å². The Morgan fingerprint density at radius 1 is 1.24 bits per heavy atom. The molecule has 0 spiro atoms. The Balaban J connectivity index is 2.08. The summed E-state index contributed by atoms with van der Waals surface area (Å²) in [6.45, 7) is 7.51. The van der Waals surface area contributed by atoms with Crippen molar-refractivity contribution in [2.24, 2.45) is 0 Å². The third kappa shape index (κ3) is 3.12. The Kier molecular flexibility index (Phi) is 3.92. The van der Waals surface area contributed by atoms with Crippen LogP contribution < -0.4 is 5.73 Å². The minimum atomic E-state index is 0.754. The van der Waals surface area contributed by atoms with E-state index in [0.29, 0.717) is 0 Å². The number of piperazine rings is 1. The lowest BCUT2D eigenvalue weighted by Gasteiger charge is -2.32. The highest BCUT2D eigenvalue weighted by atomic mass is 35.5. The molecular formula is C13H20ClN3. The lowest BCUT2D eigenvalue weighted by molar-refractivity contribution is 0.148. The number of likely N-dealkylation sites (N-methyl/N-ethyl adjacent to an activating group) is 1. The van der Waals surface area contributed by atoms with E-state index in [1.807, 2.05) is 12.1 Å². The number of benzene rings is 1. The van der Waals surface area contributed by atoms with Crippen LogP contribution in [0.25, 0.3) is 0 Å². The lowest BCUT2D eigenvalue weighted by Crippen LogP contribution is -2.43. The normalized spacial score (nSPS) is 18.5. The fourth-order valence-corrected chi connectivity index (χ4v) is 2.42. The van der Waals surface area contributed by atoms with E-state index in [4.69, 9.17) is 17.3 Å². The topological polar surface area (TPSA) is 32.5 Å². The second kappa shape index (κ2) is 5.25. The van der Waals surface area contributed by atoms with Crippen LogP contribution in [0.15, 0.2) is 12.1 Å². The Labute approximate surface area is 108 Å². The standard InChI is InChI=1S/C13H20ClN3/c1-10-11(7-12(15)8-13(10)14)9-17-5-3-16(2)4-6-17/h7-8H,3-6,9,15H2,1-2H3. The van der Waals surface area contributed by atoms with E-state index in [1.165, 1.54) is 5.56 Å². The zero-order valence-corrected chi connectivity index (χ0v) is 11.3. The summed E-state index contributed by atoms with van der Waals surface area (Å²) >= 11 is 6.15. The molecule has 0 radical (unpaired) electrons. The molecule has 3 nitrogen and oxygen atoms in total. The van der Waals surface area contributed by atoms with Crippen molar-refractivity contribution in [1.29, 1.82) is 0 Å². The average molecular weight is 254 g/mol. The molecule has 1 aliphatic rings. The van der Waals surface area contributed by atoms with Gasteiger partial charge in [-0.3, -0.25) is 4.90 Å². The van der Waals surface area contributed by atoms with Crippen molar-refractivity contribution in [3.63, 3.8) is 0 Å². The zero-order valence-electron chi connectivity index (χ0n) is 10.5. The first-order chi connectivity index (χ1) is 8.06. The molecule has 0 aromatic heterocycles. The minimum Gasteiger partial charge on any atom is -0.399 e. The highest BCUT2D eigenvalue weighted by Crippen LogP contribution is 2.24. The molecule has 2 rings (SSSR count). The van der Waals surface area contributed by atoms with E-state index in [-0.39, 0.29) is 0 Å². The predicted octanol–water partition coefficient (Wildman–Crippen LogP) is 1.98. The van der Waals surface area contributed by atoms with Crippen molar-refractivity contribution in [2.45, 2.75) is 13.5 Å². The van der Waals surface area contributed by atoms with Crippen molar-refractivity contribution in [1.82, 2.24) is 9.80 Å². The van der Waals surface area contributed by atoms with Gasteiger partial charge in [0.1, 0.15) is 0 Å². The van der Waals surface area contributed by atoms with Gasteiger partial charge in [0.05, 0.1) is 0 Å². The first kappa shape index (κ1) is 12.7. The summed E-state index contributed by atoms with van der Waals surface area (Å²) in [4.78, 5) is 4.81. The molecular weight excluding hydrogens is 234 g/mol. The number of halogens is 1. The summed E-state index contributed by atoms with van der Waals surface area (Å²) in [6, 6.07) is 3.86. The van der Waals surface area contributed by atoms with E-state index >= 15 is 0 Å². The summed E-state index contributed by atoms with van der Waals surface area (Å²) in [5, 5.41) is 0.772. The van der Waals surface area contributed by atoms with Crippen molar-refractivity contribution < 1.29 is 0 Å². The smallest absolute Gasteiger partial charge is 0.0458 e. The Morgan fingerprint density at radius 2 is 1.88 bits per heavy atom. The van der Waals surface area contributed by atoms with Crippen LogP contribution in [0.5, 0.6) is 0 Å². The molecule has 1 aliphatic heterocycles. The third-order valence-corrected chi connectivity index (χ3v) is 3.86. The molecule has 1 aromatic carbocycles. The van der Waals surface area contributed by atoms with Crippen LogP contribution in [0.3, 0.4) is 0 Å². The molecule has 0 bridgehead atoms. The van der Waals surface area contributed by atoms with Crippen LogP contribution in [0.1, 0.15) is 11.1 Å². The van der Waals surface area contributed by atoms with E-state index in [1.54, 1.807) is 0 Å². The Hall–Kier alpha value is -0.770. The van der Waals surface area contributed by atoms with Gasteiger partial charge in [0.2, 0.25) is 0 Å². The summed E-state index contributed by atoms with van der Waals surface area (Å²) in [5.74, 6) is 0. The minimum absolute atomic E-state index is 0.754. The average Bonchev–Trinajstić information content (AvgIpc) is 2.28. The molecule has 94 valence electrons. The van der Waals surface area contributed by atoms with Crippen molar-refractivity contribution >= 4 is 17.3 Å². The first-order valence-corrected chi connectivity index (χ1v) is 6.39. The Morgan fingerprint density at radius 3 is 2.53 bits per heavy atom. The maximum Gasteiger partial charge on any atom is 0.0458 e. The third-order valence-electron chi connectivity index (χ3n) is 3.46. The van der Waals surface area contributed by atoms with Crippen molar-refractivity contribution in [3.05, 3.63) is 28.3 Å². The SMILES string of the molecule is Cc1c(Cl)cc(N)cc1CN1CCN(C)CC1. The van der Waals surface area contributed by atoms with E-state index in [9.17, 15) is 0 Å². The second-order valence-electron chi connectivity index (χ2n) is 4.87. The van der Waals surface area contributed by atoms with Crippen LogP contribution in [0, 0.1) is 6.92 Å². The summed E-state index contributed by atoms with van der Waals surface area (Å²) in [7, 11) is 2.17. The maximum absolute atomic E-state index is 6.15. The predicted molar refractivity (Wildman–Crippen MR) is 73.4 cm³/mol. The number of anilines is 1. The molecule has 1 fully saturated rings. The largest absolute Gasteiger partial charge is 0.399 e. The lowest BCUT2D eigenvalue weighted by atomic mass is 10.1. The van der Waals surface area contributed by atoms with Crippen LogP contribution in [-0.2, 0) is 6.54 Å². The molecule has 4 heteroatoms. The number of nitrogens with two attached hydrogens (primary N) is 1. The molecule has 1 heterocycles. The molecule has 0 aliphatic carbocycles. The monoisotopic (exact) mass is 253 g/mol. The maximum atomic E-state index is 6.15. The summed E-state index contributed by atoms with van der Waals surface area (Å²) < 4.78 is 0. The summed E-state index contributed by atoms with van der Waals surface area (Å²) in [6.07, 6.45) is 0. The zero-order chi connectivity index (χ0) is 12.4. The number of hydrogen-bond donors (Lipinski definition) is 1. The van der Waals surface area contributed by atoms with Gasteiger partial charge in [0, 0.05) is 43.4 Å². The molecule has 0 unspecified atom stereocenters. The van der Waals surface area contributed by atoms with Gasteiger partial charge in [0.15, 0.2) is 0 Å². The van der Waals surface area contributed by atoms with Gasteiger partial charge < -0.3 is 10.6 Å². The van der Waals surface area contributed by atoms with Crippen LogP contribution in [-0.4, -0.2) is 43.0 Å². The molecule has 1 aromatic rings. The molecule has 2 N–H and O–H groups in total. The van der Waals surface area contributed by atoms with Crippen LogP contribution in [0.2, 0.25) is 5.02 Å². The number of nitrogen functional groups attached to an aromatic ring is 1. The molecule has 17 heavy (non-hydrogen) atoms. The van der Waals surface area contributed by atoms with Crippen molar-refractivity contribution in [2.75, 3.05) is 39.0 Å². The van der Waals surface area contributed by atoms with Gasteiger partial charge in [-0.1, -0.05) is 11.6 Å². The van der Waals surface area contributed by atoms with Gasteiger partial charge in [-0.05, 0) is 37.2 Å². The van der Waals surface area contributed by atoms with Crippen molar-refractivity contribution in [3.8, 4) is 0 Å². The highest BCUT2D eigenvalue weighted by Gasteiger charge is 2.15. The quantitative estimate of drug-likeness (QED) is 0.818. The molecule has 0 amide bonds. The molecule has 1 saturated heterocycles. The highest BCUT2D eigenvalue weighted by molar-refractivity contribution is 6.31. The van der Waals surface area contributed by atoms with Crippen LogP contribution in [0.4, 0.5) is 5.69 Å². The molecule has 0 saturated carbocycles. The van der Waals surface area contributed by atoms with E-state index < -0.39 is 0 Å². The number of nitrogens with zero attached hydrogens (tertiary/aromatic N) is 2. The Bertz CT molecular complexity index is 398. The number of rotatable bonds is 2. The van der Waals surface area contributed by atoms with E-state index in [0.717, 1.165) is 49.0 Å². The molecule has 0 atom stereocenters. The van der Waals surface area contributed by atoms with Gasteiger partial charge in [0.25, 0.3) is 0 Å². The first-order valence-electron chi connectivity index (χ1n) is 6.01.